The minimum absolute atomic E-state index is 0.409. The van der Waals surface area contributed by atoms with E-state index in [-0.39, 0.29) is 0 Å². The van der Waals surface area contributed by atoms with Crippen molar-refractivity contribution in [3.63, 3.8) is 0 Å². The molecule has 1 amide bonds. The van der Waals surface area contributed by atoms with Crippen molar-refractivity contribution in [1.82, 2.24) is 15.2 Å². The number of anilines is 2. The minimum atomic E-state index is 0.409. The van der Waals surface area contributed by atoms with E-state index in [1.165, 1.54) is 11.2 Å². The van der Waals surface area contributed by atoms with Crippen LogP contribution in [0, 0.1) is 0 Å². The van der Waals surface area contributed by atoms with Crippen LogP contribution in [0.5, 0.6) is 0 Å². The number of para-hydroxylation sites is 1. The van der Waals surface area contributed by atoms with Gasteiger partial charge in [-0.3, -0.25) is 9.69 Å². The number of aromatic amines is 1. The molecule has 5 nitrogen and oxygen atoms in total. The summed E-state index contributed by atoms with van der Waals surface area (Å²) in [6.45, 7) is 0. The Hall–Kier alpha value is -2.17. The maximum atomic E-state index is 10.8. The van der Waals surface area contributed by atoms with Crippen LogP contribution in [0.4, 0.5) is 11.6 Å². The molecule has 0 saturated carbocycles. The van der Waals surface area contributed by atoms with Crippen molar-refractivity contribution in [2.45, 2.75) is 0 Å². The van der Waals surface area contributed by atoms with Crippen molar-refractivity contribution in [1.29, 1.82) is 0 Å². The second-order valence-corrected chi connectivity index (χ2v) is 2.62. The van der Waals surface area contributed by atoms with E-state index in [4.69, 9.17) is 0 Å². The maximum absolute atomic E-state index is 10.8. The van der Waals surface area contributed by atoms with Crippen LogP contribution in [0.15, 0.2) is 36.7 Å². The Bertz CT molecular complexity index is 398. The van der Waals surface area contributed by atoms with Gasteiger partial charge in [0.25, 0.3) is 0 Å². The van der Waals surface area contributed by atoms with Crippen LogP contribution in [0.1, 0.15) is 0 Å². The average Bonchev–Trinajstić information content (AvgIpc) is 2.74. The Morgan fingerprint density at radius 1 is 1.29 bits per heavy atom. The molecule has 1 aromatic heterocycles. The summed E-state index contributed by atoms with van der Waals surface area (Å²) in [5, 5.41) is 6.30. The highest BCUT2D eigenvalue weighted by molar-refractivity contribution is 5.83. The largest absolute Gasteiger partial charge is 0.278 e. The first-order valence-corrected chi connectivity index (χ1v) is 4.07. The first-order valence-electron chi connectivity index (χ1n) is 4.07. The van der Waals surface area contributed by atoms with E-state index in [0.29, 0.717) is 12.4 Å². The standard InChI is InChI=1S/C9H8N4O/c14-7-13(9-10-6-11-12-9)8-4-2-1-3-5-8/h1-7H,(H,10,11,12). The summed E-state index contributed by atoms with van der Waals surface area (Å²) < 4.78 is 0. The number of H-pyrrole nitrogens is 1. The van der Waals surface area contributed by atoms with Gasteiger partial charge >= 0.3 is 0 Å². The molecule has 0 bridgehead atoms. The number of amides is 1. The van der Waals surface area contributed by atoms with Gasteiger partial charge in [0.15, 0.2) is 0 Å². The lowest BCUT2D eigenvalue weighted by atomic mass is 10.3. The van der Waals surface area contributed by atoms with E-state index in [2.05, 4.69) is 15.2 Å². The van der Waals surface area contributed by atoms with Crippen molar-refractivity contribution in [2.75, 3.05) is 4.90 Å². The molecular weight excluding hydrogens is 180 g/mol. The van der Waals surface area contributed by atoms with Crippen LogP contribution in [-0.4, -0.2) is 21.6 Å². The van der Waals surface area contributed by atoms with Crippen molar-refractivity contribution < 1.29 is 4.79 Å². The third kappa shape index (κ3) is 1.47. The van der Waals surface area contributed by atoms with Gasteiger partial charge in [-0.05, 0) is 12.1 Å². The molecule has 0 aliphatic heterocycles. The van der Waals surface area contributed by atoms with Gasteiger partial charge in [0, 0.05) is 0 Å². The molecule has 0 radical (unpaired) electrons. The SMILES string of the molecule is O=CN(c1ccccc1)c1ncn[nH]1. The molecule has 2 aromatic rings. The van der Waals surface area contributed by atoms with Gasteiger partial charge in [-0.2, -0.15) is 10.1 Å². The summed E-state index contributed by atoms with van der Waals surface area (Å²) in [5.41, 5.74) is 0.749. The summed E-state index contributed by atoms with van der Waals surface area (Å²) in [4.78, 5) is 16.1. The van der Waals surface area contributed by atoms with Crippen LogP contribution in [0.3, 0.4) is 0 Å². The fourth-order valence-electron chi connectivity index (χ4n) is 1.14. The molecule has 70 valence electrons. The number of benzene rings is 1. The molecule has 1 aromatic carbocycles. The smallest absolute Gasteiger partial charge is 0.232 e. The quantitative estimate of drug-likeness (QED) is 0.733. The predicted octanol–water partition coefficient (Wildman–Crippen LogP) is 1.10. The third-order valence-corrected chi connectivity index (χ3v) is 1.77. The van der Waals surface area contributed by atoms with Gasteiger partial charge in [-0.25, -0.2) is 5.10 Å². The number of nitrogens with zero attached hydrogens (tertiary/aromatic N) is 3. The molecular formula is C9H8N4O. The number of hydrogen-bond acceptors (Lipinski definition) is 3. The van der Waals surface area contributed by atoms with Gasteiger partial charge in [0.2, 0.25) is 12.4 Å². The topological polar surface area (TPSA) is 61.9 Å². The Balaban J connectivity index is 2.36. The fraction of sp³-hybridized carbons (Fsp3) is 0. The van der Waals surface area contributed by atoms with Gasteiger partial charge in [0.05, 0.1) is 5.69 Å². The van der Waals surface area contributed by atoms with Crippen LogP contribution < -0.4 is 4.90 Å². The number of rotatable bonds is 3. The summed E-state index contributed by atoms with van der Waals surface area (Å²) >= 11 is 0. The molecule has 0 aliphatic rings. The van der Waals surface area contributed by atoms with Gasteiger partial charge in [-0.1, -0.05) is 18.2 Å². The number of nitrogens with one attached hydrogen (secondary N) is 1. The third-order valence-electron chi connectivity index (χ3n) is 1.77. The molecule has 14 heavy (non-hydrogen) atoms. The first kappa shape index (κ1) is 8.43. The minimum Gasteiger partial charge on any atom is -0.278 e. The van der Waals surface area contributed by atoms with Crippen molar-refractivity contribution in [2.24, 2.45) is 0 Å². The Kier molecular flexibility index (Phi) is 2.22. The summed E-state index contributed by atoms with van der Waals surface area (Å²) in [5.74, 6) is 0.409. The maximum Gasteiger partial charge on any atom is 0.232 e. The van der Waals surface area contributed by atoms with Crippen LogP contribution in [0.25, 0.3) is 0 Å². The van der Waals surface area contributed by atoms with E-state index in [9.17, 15) is 4.79 Å². The fourth-order valence-corrected chi connectivity index (χ4v) is 1.14. The van der Waals surface area contributed by atoms with E-state index >= 15 is 0 Å². The number of hydrogen-bond donors (Lipinski definition) is 1. The lowest BCUT2D eigenvalue weighted by Gasteiger charge is -2.12. The van der Waals surface area contributed by atoms with Crippen LogP contribution in [-0.2, 0) is 4.79 Å². The molecule has 0 unspecified atom stereocenters. The second-order valence-electron chi connectivity index (χ2n) is 2.62. The number of carbonyl (C=O) groups is 1. The second kappa shape index (κ2) is 3.69. The lowest BCUT2D eigenvalue weighted by Crippen LogP contribution is -2.15. The Morgan fingerprint density at radius 2 is 2.07 bits per heavy atom. The van der Waals surface area contributed by atoms with E-state index in [1.54, 1.807) is 0 Å². The molecule has 0 saturated heterocycles. The highest BCUT2D eigenvalue weighted by Gasteiger charge is 2.09. The van der Waals surface area contributed by atoms with E-state index in [1.807, 2.05) is 30.3 Å². The monoisotopic (exact) mass is 188 g/mol. The normalized spacial score (nSPS) is 9.71. The molecule has 0 atom stereocenters. The summed E-state index contributed by atoms with van der Waals surface area (Å²) in [6, 6.07) is 9.21. The van der Waals surface area contributed by atoms with Crippen LogP contribution in [0.2, 0.25) is 0 Å². The molecule has 1 N–H and O–H groups in total. The van der Waals surface area contributed by atoms with Gasteiger partial charge < -0.3 is 0 Å². The molecule has 0 fully saturated rings. The lowest BCUT2D eigenvalue weighted by molar-refractivity contribution is -0.106. The zero-order valence-corrected chi connectivity index (χ0v) is 7.29. The Labute approximate surface area is 80.4 Å². The zero-order chi connectivity index (χ0) is 9.80. The van der Waals surface area contributed by atoms with E-state index in [0.717, 1.165) is 5.69 Å². The first-order chi connectivity index (χ1) is 6.92. The van der Waals surface area contributed by atoms with E-state index < -0.39 is 0 Å². The highest BCUT2D eigenvalue weighted by Crippen LogP contribution is 2.18. The zero-order valence-electron chi connectivity index (χ0n) is 7.29. The Morgan fingerprint density at radius 3 is 2.64 bits per heavy atom. The molecule has 0 spiro atoms. The van der Waals surface area contributed by atoms with Crippen molar-refractivity contribution >= 4 is 18.0 Å². The number of aromatic nitrogens is 3. The molecule has 0 aliphatic carbocycles. The summed E-state index contributed by atoms with van der Waals surface area (Å²) in [7, 11) is 0. The van der Waals surface area contributed by atoms with Crippen molar-refractivity contribution in [3.05, 3.63) is 36.7 Å². The number of carbonyl (C=O) groups excluding carboxylic acids is 1. The van der Waals surface area contributed by atoms with Gasteiger partial charge in [-0.15, -0.1) is 0 Å². The van der Waals surface area contributed by atoms with Crippen LogP contribution >= 0.6 is 0 Å². The molecule has 5 heteroatoms. The summed E-state index contributed by atoms with van der Waals surface area (Å²) in [6.07, 6.45) is 2.05. The highest BCUT2D eigenvalue weighted by atomic mass is 16.1. The molecule has 2 rings (SSSR count). The molecule has 1 heterocycles. The average molecular weight is 188 g/mol. The predicted molar refractivity (Wildman–Crippen MR) is 51.0 cm³/mol. The van der Waals surface area contributed by atoms with Crippen molar-refractivity contribution in [3.8, 4) is 0 Å². The van der Waals surface area contributed by atoms with Gasteiger partial charge in [0.1, 0.15) is 6.33 Å².